The van der Waals surface area contributed by atoms with Crippen molar-refractivity contribution in [3.05, 3.63) is 29.8 Å². The van der Waals surface area contributed by atoms with Crippen molar-refractivity contribution in [2.45, 2.75) is 84.0 Å². The molecule has 0 heterocycles. The van der Waals surface area contributed by atoms with E-state index in [2.05, 4.69) is 25.1 Å². The van der Waals surface area contributed by atoms with E-state index in [0.717, 1.165) is 23.5 Å². The minimum absolute atomic E-state index is 0.791. The molecule has 2 nitrogen and oxygen atoms in total. The van der Waals surface area contributed by atoms with E-state index in [0.29, 0.717) is 0 Å². The van der Waals surface area contributed by atoms with Gasteiger partial charge in [-0.3, -0.25) is 0 Å². The minimum atomic E-state index is 0.791. The van der Waals surface area contributed by atoms with Gasteiger partial charge in [0, 0.05) is 5.56 Å². The van der Waals surface area contributed by atoms with Gasteiger partial charge in [-0.25, -0.2) is 0 Å². The number of benzene rings is 1. The zero-order chi connectivity index (χ0) is 18.2. The summed E-state index contributed by atoms with van der Waals surface area (Å²) in [6.45, 7) is 2.28. The largest absolute Gasteiger partial charge is 0.493 e. The van der Waals surface area contributed by atoms with Crippen molar-refractivity contribution in [3.8, 4) is 11.5 Å². The van der Waals surface area contributed by atoms with Gasteiger partial charge < -0.3 is 9.47 Å². The standard InChI is InChI=1S/C23H38O2/c1-4-5-6-7-8-9-10-11-12-13-14-15-16-18-21-19-17-20-22(24-2)23(21)25-3/h16-20H,4-15H2,1-3H3. The van der Waals surface area contributed by atoms with Crippen molar-refractivity contribution in [1.82, 2.24) is 0 Å². The van der Waals surface area contributed by atoms with Crippen LogP contribution < -0.4 is 9.47 Å². The number of unbranched alkanes of at least 4 members (excludes halogenated alkanes) is 11. The lowest BCUT2D eigenvalue weighted by molar-refractivity contribution is 0.354. The molecule has 25 heavy (non-hydrogen) atoms. The van der Waals surface area contributed by atoms with Gasteiger partial charge in [0.15, 0.2) is 11.5 Å². The van der Waals surface area contributed by atoms with Crippen molar-refractivity contribution >= 4 is 6.08 Å². The zero-order valence-electron chi connectivity index (χ0n) is 16.7. The molecule has 142 valence electrons. The van der Waals surface area contributed by atoms with Crippen molar-refractivity contribution < 1.29 is 9.47 Å². The second kappa shape index (κ2) is 14.9. The van der Waals surface area contributed by atoms with Crippen LogP contribution in [0.2, 0.25) is 0 Å². The number of allylic oxidation sites excluding steroid dienone is 1. The van der Waals surface area contributed by atoms with Gasteiger partial charge in [0.1, 0.15) is 0 Å². The molecule has 0 amide bonds. The van der Waals surface area contributed by atoms with E-state index < -0.39 is 0 Å². The number of para-hydroxylation sites is 1. The Hall–Kier alpha value is -1.44. The van der Waals surface area contributed by atoms with Crippen LogP contribution >= 0.6 is 0 Å². The predicted molar refractivity (Wildman–Crippen MR) is 110 cm³/mol. The van der Waals surface area contributed by atoms with Crippen molar-refractivity contribution in [2.75, 3.05) is 14.2 Å². The van der Waals surface area contributed by atoms with Crippen LogP contribution in [-0.2, 0) is 0 Å². The maximum Gasteiger partial charge on any atom is 0.167 e. The third-order valence-electron chi connectivity index (χ3n) is 4.71. The van der Waals surface area contributed by atoms with Crippen LogP contribution in [-0.4, -0.2) is 14.2 Å². The summed E-state index contributed by atoms with van der Waals surface area (Å²) < 4.78 is 10.8. The smallest absolute Gasteiger partial charge is 0.167 e. The first-order chi connectivity index (χ1) is 12.3. The Morgan fingerprint density at radius 3 is 1.92 bits per heavy atom. The second-order valence-corrected chi connectivity index (χ2v) is 6.81. The molecule has 0 fully saturated rings. The molecule has 0 aliphatic heterocycles. The van der Waals surface area contributed by atoms with Crippen LogP contribution in [0, 0.1) is 0 Å². The van der Waals surface area contributed by atoms with Gasteiger partial charge in [0.2, 0.25) is 0 Å². The maximum atomic E-state index is 5.46. The highest BCUT2D eigenvalue weighted by Crippen LogP contribution is 2.31. The molecule has 2 heteroatoms. The molecular weight excluding hydrogens is 308 g/mol. The average Bonchev–Trinajstić information content (AvgIpc) is 2.65. The molecule has 0 saturated heterocycles. The van der Waals surface area contributed by atoms with Crippen LogP contribution in [0.4, 0.5) is 0 Å². The van der Waals surface area contributed by atoms with Crippen molar-refractivity contribution in [3.63, 3.8) is 0 Å². The second-order valence-electron chi connectivity index (χ2n) is 6.81. The van der Waals surface area contributed by atoms with Crippen LogP contribution in [0.3, 0.4) is 0 Å². The van der Waals surface area contributed by atoms with Gasteiger partial charge in [-0.15, -0.1) is 0 Å². The number of hydrogen-bond acceptors (Lipinski definition) is 2. The molecule has 0 unspecified atom stereocenters. The quantitative estimate of drug-likeness (QED) is 0.308. The molecular formula is C23H38O2. The van der Waals surface area contributed by atoms with Crippen LogP contribution in [0.5, 0.6) is 11.5 Å². The summed E-state index contributed by atoms with van der Waals surface area (Å²) in [6.07, 6.45) is 20.9. The van der Waals surface area contributed by atoms with E-state index in [1.54, 1.807) is 14.2 Å². The highest BCUT2D eigenvalue weighted by atomic mass is 16.5. The molecule has 0 aromatic heterocycles. The summed E-state index contributed by atoms with van der Waals surface area (Å²) in [5, 5.41) is 0. The molecule has 0 N–H and O–H groups in total. The Morgan fingerprint density at radius 2 is 1.36 bits per heavy atom. The Morgan fingerprint density at radius 1 is 0.760 bits per heavy atom. The third kappa shape index (κ3) is 9.57. The highest BCUT2D eigenvalue weighted by molar-refractivity contribution is 5.62. The third-order valence-corrected chi connectivity index (χ3v) is 4.71. The van der Waals surface area contributed by atoms with Gasteiger partial charge in [-0.05, 0) is 18.9 Å². The Labute approximate surface area is 155 Å². The van der Waals surface area contributed by atoms with Crippen molar-refractivity contribution in [1.29, 1.82) is 0 Å². The molecule has 0 aliphatic carbocycles. The monoisotopic (exact) mass is 346 g/mol. The van der Waals surface area contributed by atoms with E-state index in [1.807, 2.05) is 12.1 Å². The van der Waals surface area contributed by atoms with E-state index in [1.165, 1.54) is 70.6 Å². The fourth-order valence-electron chi connectivity index (χ4n) is 3.18. The Kier molecular flexibility index (Phi) is 12.8. The SMILES string of the molecule is CCCCCCCCCCCCCC=Cc1cccc(OC)c1OC. The lowest BCUT2D eigenvalue weighted by Crippen LogP contribution is -1.92. The van der Waals surface area contributed by atoms with Crippen LogP contribution in [0.25, 0.3) is 6.08 Å². The predicted octanol–water partition coefficient (Wildman–Crippen LogP) is 7.42. The van der Waals surface area contributed by atoms with E-state index in [-0.39, 0.29) is 0 Å². The molecule has 1 aromatic carbocycles. The van der Waals surface area contributed by atoms with E-state index >= 15 is 0 Å². The molecule has 0 atom stereocenters. The molecule has 1 rings (SSSR count). The molecule has 0 bridgehead atoms. The highest BCUT2D eigenvalue weighted by Gasteiger charge is 2.06. The molecule has 1 aromatic rings. The first kappa shape index (κ1) is 21.6. The summed E-state index contributed by atoms with van der Waals surface area (Å²) in [5.41, 5.74) is 1.09. The fourth-order valence-corrected chi connectivity index (χ4v) is 3.18. The first-order valence-electron chi connectivity index (χ1n) is 10.2. The summed E-state index contributed by atoms with van der Waals surface area (Å²) in [7, 11) is 3.37. The van der Waals surface area contributed by atoms with Crippen LogP contribution in [0.1, 0.15) is 89.5 Å². The van der Waals surface area contributed by atoms with Gasteiger partial charge in [0.05, 0.1) is 14.2 Å². The van der Waals surface area contributed by atoms with Crippen molar-refractivity contribution in [2.24, 2.45) is 0 Å². The summed E-state index contributed by atoms with van der Waals surface area (Å²) in [5.74, 6) is 1.61. The summed E-state index contributed by atoms with van der Waals surface area (Å²) >= 11 is 0. The Bertz CT molecular complexity index is 465. The Balaban J connectivity index is 2.07. The average molecular weight is 347 g/mol. The zero-order valence-corrected chi connectivity index (χ0v) is 16.7. The maximum absolute atomic E-state index is 5.46. The van der Waals surface area contributed by atoms with E-state index in [9.17, 15) is 0 Å². The number of ether oxygens (including phenoxy) is 2. The summed E-state index contributed by atoms with van der Waals surface area (Å²) in [6, 6.07) is 6.00. The topological polar surface area (TPSA) is 18.5 Å². The van der Waals surface area contributed by atoms with E-state index in [4.69, 9.17) is 9.47 Å². The normalized spacial score (nSPS) is 11.2. The number of methoxy groups -OCH3 is 2. The van der Waals surface area contributed by atoms with Crippen LogP contribution in [0.15, 0.2) is 24.3 Å². The minimum Gasteiger partial charge on any atom is -0.493 e. The number of hydrogen-bond donors (Lipinski definition) is 0. The number of rotatable bonds is 15. The lowest BCUT2D eigenvalue weighted by atomic mass is 10.0. The molecule has 0 saturated carbocycles. The van der Waals surface area contributed by atoms with Gasteiger partial charge >= 0.3 is 0 Å². The summed E-state index contributed by atoms with van der Waals surface area (Å²) in [4.78, 5) is 0. The first-order valence-corrected chi connectivity index (χ1v) is 10.2. The molecule has 0 radical (unpaired) electrons. The molecule has 0 aliphatic rings. The fraction of sp³-hybridized carbons (Fsp3) is 0.652. The lowest BCUT2D eigenvalue weighted by Gasteiger charge is -2.09. The van der Waals surface area contributed by atoms with Gasteiger partial charge in [-0.2, -0.15) is 0 Å². The van der Waals surface area contributed by atoms with Gasteiger partial charge in [-0.1, -0.05) is 95.4 Å². The molecule has 0 spiro atoms. The van der Waals surface area contributed by atoms with Gasteiger partial charge in [0.25, 0.3) is 0 Å².